The number of piperidine rings is 1. The first-order valence-corrected chi connectivity index (χ1v) is 6.99. The summed E-state index contributed by atoms with van der Waals surface area (Å²) in [6.45, 7) is 1.92. The summed E-state index contributed by atoms with van der Waals surface area (Å²) in [5, 5.41) is 0.494. The standard InChI is InChI=1S/C12H18N2O3S/c1-13-9(8-10(15)17-2)18-12(11(13)16)14-6-4-3-5-7-14/h8,12H,3-7H2,1-2H3. The molecule has 2 heterocycles. The molecule has 2 rings (SSSR count). The molecule has 0 bridgehead atoms. The number of rotatable bonds is 2. The van der Waals surface area contributed by atoms with Gasteiger partial charge < -0.3 is 9.64 Å². The first-order valence-electron chi connectivity index (χ1n) is 6.11. The second-order valence-corrected chi connectivity index (χ2v) is 5.57. The van der Waals surface area contributed by atoms with Gasteiger partial charge in [0.25, 0.3) is 5.91 Å². The van der Waals surface area contributed by atoms with Gasteiger partial charge in [-0.05, 0) is 25.9 Å². The maximum Gasteiger partial charge on any atom is 0.333 e. The van der Waals surface area contributed by atoms with Gasteiger partial charge in [-0.2, -0.15) is 0 Å². The van der Waals surface area contributed by atoms with Crippen molar-refractivity contribution in [1.29, 1.82) is 0 Å². The summed E-state index contributed by atoms with van der Waals surface area (Å²) >= 11 is 1.44. The zero-order chi connectivity index (χ0) is 13.1. The molecule has 1 atom stereocenters. The van der Waals surface area contributed by atoms with Crippen molar-refractivity contribution in [3.05, 3.63) is 11.1 Å². The number of nitrogens with zero attached hydrogens (tertiary/aromatic N) is 2. The maximum absolute atomic E-state index is 12.2. The number of carbonyl (C=O) groups excluding carboxylic acids is 2. The Hall–Kier alpha value is -1.01. The van der Waals surface area contributed by atoms with E-state index in [1.807, 2.05) is 0 Å². The fourth-order valence-electron chi connectivity index (χ4n) is 2.19. The van der Waals surface area contributed by atoms with E-state index < -0.39 is 5.97 Å². The van der Waals surface area contributed by atoms with Crippen LogP contribution in [0.1, 0.15) is 19.3 Å². The molecule has 0 aromatic heterocycles. The van der Waals surface area contributed by atoms with Crippen molar-refractivity contribution in [3.8, 4) is 0 Å². The first-order chi connectivity index (χ1) is 8.63. The Morgan fingerprint density at radius 2 is 2.06 bits per heavy atom. The highest BCUT2D eigenvalue weighted by Gasteiger charge is 2.38. The summed E-state index contributed by atoms with van der Waals surface area (Å²) in [4.78, 5) is 27.1. The first kappa shape index (κ1) is 13.4. The van der Waals surface area contributed by atoms with Gasteiger partial charge in [0.05, 0.1) is 18.2 Å². The molecule has 18 heavy (non-hydrogen) atoms. The Bertz CT molecular complexity index is 378. The minimum atomic E-state index is -0.420. The van der Waals surface area contributed by atoms with Crippen molar-refractivity contribution < 1.29 is 14.3 Å². The highest BCUT2D eigenvalue weighted by Crippen LogP contribution is 2.36. The monoisotopic (exact) mass is 270 g/mol. The van der Waals surface area contributed by atoms with Crippen molar-refractivity contribution in [2.75, 3.05) is 27.2 Å². The van der Waals surface area contributed by atoms with E-state index in [1.54, 1.807) is 11.9 Å². The Kier molecular flexibility index (Phi) is 4.29. The highest BCUT2D eigenvalue weighted by molar-refractivity contribution is 8.04. The van der Waals surface area contributed by atoms with Crippen LogP contribution in [0.2, 0.25) is 0 Å². The smallest absolute Gasteiger partial charge is 0.333 e. The molecule has 0 spiro atoms. The normalized spacial score (nSPS) is 27.9. The number of likely N-dealkylation sites (tertiary alicyclic amines) is 1. The van der Waals surface area contributed by atoms with E-state index in [0.29, 0.717) is 5.03 Å². The summed E-state index contributed by atoms with van der Waals surface area (Å²) in [6, 6.07) is 0. The molecule has 0 N–H and O–H groups in total. The van der Waals surface area contributed by atoms with E-state index in [1.165, 1.54) is 31.4 Å². The van der Waals surface area contributed by atoms with Crippen LogP contribution in [0.3, 0.4) is 0 Å². The fraction of sp³-hybridized carbons (Fsp3) is 0.667. The number of hydrogen-bond donors (Lipinski definition) is 0. The van der Waals surface area contributed by atoms with Crippen molar-refractivity contribution in [3.63, 3.8) is 0 Å². The molecule has 1 amide bonds. The van der Waals surface area contributed by atoms with Crippen molar-refractivity contribution >= 4 is 23.6 Å². The number of esters is 1. The maximum atomic E-state index is 12.2. The minimum absolute atomic E-state index is 0.0528. The lowest BCUT2D eigenvalue weighted by atomic mass is 10.1. The Labute approximate surface area is 111 Å². The van der Waals surface area contributed by atoms with E-state index >= 15 is 0 Å². The van der Waals surface area contributed by atoms with Crippen LogP contribution in [0.4, 0.5) is 0 Å². The molecule has 0 aromatic rings. The van der Waals surface area contributed by atoms with Crippen LogP contribution >= 0.6 is 11.8 Å². The minimum Gasteiger partial charge on any atom is -0.466 e. The molecule has 2 aliphatic rings. The molecule has 2 saturated heterocycles. The average Bonchev–Trinajstić information content (AvgIpc) is 2.68. The molecule has 0 aliphatic carbocycles. The molecule has 100 valence electrons. The lowest BCUT2D eigenvalue weighted by molar-refractivity contribution is -0.134. The molecule has 6 heteroatoms. The summed E-state index contributed by atoms with van der Waals surface area (Å²) in [7, 11) is 3.04. The van der Waals surface area contributed by atoms with Crippen LogP contribution in [-0.4, -0.2) is 54.3 Å². The highest BCUT2D eigenvalue weighted by atomic mass is 32.2. The van der Waals surface area contributed by atoms with Crippen LogP contribution in [-0.2, 0) is 14.3 Å². The van der Waals surface area contributed by atoms with Gasteiger partial charge >= 0.3 is 5.97 Å². The molecule has 0 saturated carbocycles. The van der Waals surface area contributed by atoms with Crippen molar-refractivity contribution in [2.24, 2.45) is 0 Å². The zero-order valence-electron chi connectivity index (χ0n) is 10.7. The largest absolute Gasteiger partial charge is 0.466 e. The van der Waals surface area contributed by atoms with Crippen molar-refractivity contribution in [1.82, 2.24) is 9.80 Å². The number of amides is 1. The summed E-state index contributed by atoms with van der Waals surface area (Å²) in [5.41, 5.74) is 0. The third kappa shape index (κ3) is 2.70. The summed E-state index contributed by atoms with van der Waals surface area (Å²) in [6.07, 6.45) is 4.91. The van der Waals surface area contributed by atoms with Crippen molar-refractivity contribution in [2.45, 2.75) is 24.6 Å². The van der Waals surface area contributed by atoms with E-state index in [-0.39, 0.29) is 11.3 Å². The molecule has 0 aromatic carbocycles. The van der Waals surface area contributed by atoms with Crippen LogP contribution in [0, 0.1) is 0 Å². The average molecular weight is 270 g/mol. The molecule has 2 fully saturated rings. The number of carbonyl (C=O) groups is 2. The topological polar surface area (TPSA) is 49.9 Å². The third-order valence-electron chi connectivity index (χ3n) is 3.27. The number of thioether (sulfide) groups is 1. The summed E-state index contributed by atoms with van der Waals surface area (Å²) in [5.74, 6) is -0.367. The van der Waals surface area contributed by atoms with Crippen LogP contribution in [0.15, 0.2) is 11.1 Å². The van der Waals surface area contributed by atoms with Gasteiger partial charge in [-0.25, -0.2) is 4.79 Å². The van der Waals surface area contributed by atoms with Crippen LogP contribution < -0.4 is 0 Å². The second kappa shape index (κ2) is 5.75. The van der Waals surface area contributed by atoms with E-state index in [4.69, 9.17) is 0 Å². The lowest BCUT2D eigenvalue weighted by Gasteiger charge is -2.29. The van der Waals surface area contributed by atoms with Crippen LogP contribution in [0.25, 0.3) is 0 Å². The fourth-order valence-corrected chi connectivity index (χ4v) is 3.45. The van der Waals surface area contributed by atoms with Gasteiger partial charge in [-0.1, -0.05) is 18.2 Å². The zero-order valence-corrected chi connectivity index (χ0v) is 11.5. The van der Waals surface area contributed by atoms with Gasteiger partial charge in [0, 0.05) is 7.05 Å². The molecule has 1 unspecified atom stereocenters. The van der Waals surface area contributed by atoms with E-state index in [2.05, 4.69) is 9.64 Å². The lowest BCUT2D eigenvalue weighted by Crippen LogP contribution is -2.42. The van der Waals surface area contributed by atoms with E-state index in [9.17, 15) is 9.59 Å². The molecule has 0 radical (unpaired) electrons. The third-order valence-corrected chi connectivity index (χ3v) is 4.63. The second-order valence-electron chi connectivity index (χ2n) is 4.47. The number of ether oxygens (including phenoxy) is 1. The van der Waals surface area contributed by atoms with Gasteiger partial charge in [-0.15, -0.1) is 0 Å². The van der Waals surface area contributed by atoms with E-state index in [0.717, 1.165) is 25.9 Å². The Morgan fingerprint density at radius 1 is 1.39 bits per heavy atom. The summed E-state index contributed by atoms with van der Waals surface area (Å²) < 4.78 is 4.60. The van der Waals surface area contributed by atoms with Gasteiger partial charge in [0.15, 0.2) is 0 Å². The predicted octanol–water partition coefficient (Wildman–Crippen LogP) is 1.02. The quantitative estimate of drug-likeness (QED) is 0.554. The number of likely N-dealkylation sites (N-methyl/N-ethyl adjacent to an activating group) is 1. The number of methoxy groups -OCH3 is 1. The Morgan fingerprint density at radius 3 is 2.67 bits per heavy atom. The van der Waals surface area contributed by atoms with Gasteiger partial charge in [0.1, 0.15) is 5.37 Å². The molecule has 2 aliphatic heterocycles. The SMILES string of the molecule is COC(=O)C=C1SC(N2CCCCC2)C(=O)N1C. The number of hydrogen-bond acceptors (Lipinski definition) is 5. The molecular weight excluding hydrogens is 252 g/mol. The molecule has 5 nitrogen and oxygen atoms in total. The van der Waals surface area contributed by atoms with Gasteiger partial charge in [-0.3, -0.25) is 9.69 Å². The predicted molar refractivity (Wildman–Crippen MR) is 69.7 cm³/mol. The van der Waals surface area contributed by atoms with Gasteiger partial charge in [0.2, 0.25) is 0 Å². The van der Waals surface area contributed by atoms with Crippen LogP contribution in [0.5, 0.6) is 0 Å². The molecular formula is C12H18N2O3S. The Balaban J connectivity index is 2.08.